The largest absolute Gasteiger partial charge is 0.506 e. The second kappa shape index (κ2) is 6.81. The van der Waals surface area contributed by atoms with Crippen LogP contribution >= 0.6 is 11.6 Å². The number of phenols is 1. The van der Waals surface area contributed by atoms with Gasteiger partial charge < -0.3 is 20.3 Å². The van der Waals surface area contributed by atoms with Crippen LogP contribution < -0.4 is 5.73 Å². The van der Waals surface area contributed by atoms with Gasteiger partial charge in [-0.1, -0.05) is 11.6 Å². The molecule has 0 aromatic heterocycles. The molecule has 0 fully saturated rings. The van der Waals surface area contributed by atoms with Crippen LogP contribution in [-0.2, 0) is 14.3 Å². The van der Waals surface area contributed by atoms with Gasteiger partial charge in [-0.25, -0.2) is 9.18 Å². The summed E-state index contributed by atoms with van der Waals surface area (Å²) >= 11 is 5.81. The van der Waals surface area contributed by atoms with E-state index < -0.39 is 23.5 Å². The number of hydrogen-bond acceptors (Lipinski definition) is 6. The molecule has 0 radical (unpaired) electrons. The number of esters is 1. The molecule has 8 heteroatoms. The highest BCUT2D eigenvalue weighted by atomic mass is 35.5. The van der Waals surface area contributed by atoms with Gasteiger partial charge in [0.25, 0.3) is 0 Å². The van der Waals surface area contributed by atoms with Crippen molar-refractivity contribution in [1.29, 1.82) is 5.26 Å². The Kier molecular flexibility index (Phi) is 5.00. The molecular weight excluding hydrogens is 339 g/mol. The molecule has 0 spiro atoms. The minimum absolute atomic E-state index is 0.0560. The maximum atomic E-state index is 13.8. The van der Waals surface area contributed by atoms with Gasteiger partial charge in [0.15, 0.2) is 0 Å². The van der Waals surface area contributed by atoms with E-state index in [1.807, 2.05) is 6.07 Å². The van der Waals surface area contributed by atoms with Crippen molar-refractivity contribution in [1.82, 2.24) is 0 Å². The van der Waals surface area contributed by atoms with E-state index in [2.05, 4.69) is 0 Å². The topological polar surface area (TPSA) is 106 Å². The smallest absolute Gasteiger partial charge is 0.338 e. The van der Waals surface area contributed by atoms with Crippen LogP contribution in [0.1, 0.15) is 25.3 Å². The molecule has 0 saturated heterocycles. The third-order valence-corrected chi connectivity index (χ3v) is 3.76. The monoisotopic (exact) mass is 352 g/mol. The van der Waals surface area contributed by atoms with Crippen LogP contribution in [0, 0.1) is 17.1 Å². The van der Waals surface area contributed by atoms with Crippen molar-refractivity contribution < 1.29 is 23.8 Å². The summed E-state index contributed by atoms with van der Waals surface area (Å²) in [6, 6.07) is 3.72. The summed E-state index contributed by atoms with van der Waals surface area (Å²) < 4.78 is 24.0. The zero-order valence-electron chi connectivity index (χ0n) is 12.9. The number of rotatable bonds is 3. The van der Waals surface area contributed by atoms with Crippen molar-refractivity contribution >= 4 is 17.6 Å². The molecule has 1 aromatic carbocycles. The summed E-state index contributed by atoms with van der Waals surface area (Å²) in [5.74, 6) is -3.27. The molecule has 0 amide bonds. The number of ether oxygens (including phenoxy) is 2. The van der Waals surface area contributed by atoms with Crippen molar-refractivity contribution in [2.75, 3.05) is 6.61 Å². The lowest BCUT2D eigenvalue weighted by Gasteiger charge is -2.27. The first-order valence-electron chi connectivity index (χ1n) is 6.95. The average Bonchev–Trinajstić information content (AvgIpc) is 2.50. The molecule has 1 aliphatic heterocycles. The van der Waals surface area contributed by atoms with E-state index in [-0.39, 0.29) is 40.0 Å². The van der Waals surface area contributed by atoms with Gasteiger partial charge in [-0.2, -0.15) is 5.26 Å². The number of nitrogens with two attached hydrogens (primary N) is 1. The fourth-order valence-electron chi connectivity index (χ4n) is 2.47. The number of allylic oxidation sites excluding steroid dienone is 2. The molecular formula is C16H14ClFN2O4. The lowest BCUT2D eigenvalue weighted by Crippen LogP contribution is -2.25. The van der Waals surface area contributed by atoms with Crippen molar-refractivity contribution in [3.8, 4) is 11.8 Å². The molecule has 1 aliphatic rings. The summed E-state index contributed by atoms with van der Waals surface area (Å²) in [5, 5.41) is 19.3. The van der Waals surface area contributed by atoms with E-state index >= 15 is 0 Å². The fraction of sp³-hybridized carbons (Fsp3) is 0.250. The summed E-state index contributed by atoms with van der Waals surface area (Å²) in [4.78, 5) is 12.3. The molecule has 0 saturated carbocycles. The van der Waals surface area contributed by atoms with Crippen molar-refractivity contribution in [3.63, 3.8) is 0 Å². The second-order valence-electron chi connectivity index (χ2n) is 4.94. The highest BCUT2D eigenvalue weighted by Gasteiger charge is 2.38. The summed E-state index contributed by atoms with van der Waals surface area (Å²) in [7, 11) is 0. The van der Waals surface area contributed by atoms with E-state index in [1.54, 1.807) is 6.92 Å². The first kappa shape index (κ1) is 17.6. The van der Waals surface area contributed by atoms with Crippen LogP contribution in [0.5, 0.6) is 5.75 Å². The number of aromatic hydroxyl groups is 1. The van der Waals surface area contributed by atoms with Gasteiger partial charge in [0, 0.05) is 5.56 Å². The Morgan fingerprint density at radius 1 is 1.58 bits per heavy atom. The SMILES string of the molecule is CCOC(=O)C1=C(C)OC(N)=C(C#N)C1c1cc(F)cc(Cl)c1O. The van der Waals surface area contributed by atoms with E-state index in [9.17, 15) is 19.6 Å². The van der Waals surface area contributed by atoms with E-state index in [0.717, 1.165) is 12.1 Å². The summed E-state index contributed by atoms with van der Waals surface area (Å²) in [5.41, 5.74) is 5.42. The molecule has 1 unspecified atom stereocenters. The van der Waals surface area contributed by atoms with Crippen molar-refractivity contribution in [3.05, 3.63) is 51.3 Å². The van der Waals surface area contributed by atoms with Gasteiger partial charge in [0.1, 0.15) is 29.0 Å². The zero-order chi connectivity index (χ0) is 18.0. The Labute approximate surface area is 142 Å². The third-order valence-electron chi connectivity index (χ3n) is 3.47. The minimum Gasteiger partial charge on any atom is -0.506 e. The van der Waals surface area contributed by atoms with E-state index in [4.69, 9.17) is 26.8 Å². The molecule has 1 aromatic rings. The van der Waals surface area contributed by atoms with Gasteiger partial charge in [-0.3, -0.25) is 0 Å². The van der Waals surface area contributed by atoms with Crippen LogP contribution in [0.3, 0.4) is 0 Å². The first-order chi connectivity index (χ1) is 11.3. The summed E-state index contributed by atoms with van der Waals surface area (Å²) in [6.45, 7) is 3.15. The number of carbonyl (C=O) groups is 1. The Morgan fingerprint density at radius 2 is 2.25 bits per heavy atom. The number of nitriles is 1. The Balaban J connectivity index is 2.75. The van der Waals surface area contributed by atoms with Crippen LogP contribution in [0.25, 0.3) is 0 Å². The number of carbonyl (C=O) groups excluding carboxylic acids is 1. The third kappa shape index (κ3) is 3.01. The molecule has 24 heavy (non-hydrogen) atoms. The van der Waals surface area contributed by atoms with Gasteiger partial charge in [-0.05, 0) is 26.0 Å². The van der Waals surface area contributed by atoms with Crippen LogP contribution in [0.2, 0.25) is 5.02 Å². The molecule has 2 rings (SSSR count). The molecule has 0 bridgehead atoms. The van der Waals surface area contributed by atoms with Gasteiger partial charge in [0.2, 0.25) is 5.88 Å². The quantitative estimate of drug-likeness (QED) is 0.810. The number of benzene rings is 1. The van der Waals surface area contributed by atoms with Crippen LogP contribution in [0.4, 0.5) is 4.39 Å². The highest BCUT2D eigenvalue weighted by molar-refractivity contribution is 6.32. The molecule has 0 aliphatic carbocycles. The number of halogens is 2. The van der Waals surface area contributed by atoms with Crippen LogP contribution in [-0.4, -0.2) is 17.7 Å². The average molecular weight is 353 g/mol. The Morgan fingerprint density at radius 3 is 2.83 bits per heavy atom. The highest BCUT2D eigenvalue weighted by Crippen LogP contribution is 2.44. The molecule has 1 heterocycles. The molecule has 3 N–H and O–H groups in total. The lowest BCUT2D eigenvalue weighted by molar-refractivity contribution is -0.139. The second-order valence-corrected chi connectivity index (χ2v) is 5.35. The fourth-order valence-corrected chi connectivity index (χ4v) is 2.69. The normalized spacial score (nSPS) is 17.4. The van der Waals surface area contributed by atoms with Gasteiger partial charge in [-0.15, -0.1) is 0 Å². The molecule has 126 valence electrons. The zero-order valence-corrected chi connectivity index (χ0v) is 13.6. The Bertz CT molecular complexity index is 811. The molecule has 6 nitrogen and oxygen atoms in total. The van der Waals surface area contributed by atoms with E-state index in [1.165, 1.54) is 6.92 Å². The Hall–Kier alpha value is -2.72. The van der Waals surface area contributed by atoms with Crippen LogP contribution in [0.15, 0.2) is 34.9 Å². The standard InChI is InChI=1S/C16H14ClFN2O4/c1-3-23-16(22)12-7(2)24-15(20)10(6-19)13(12)9-4-8(18)5-11(17)14(9)21/h4-5,13,21H,3,20H2,1-2H3. The number of nitrogens with zero attached hydrogens (tertiary/aromatic N) is 1. The predicted octanol–water partition coefficient (Wildman–Crippen LogP) is 2.83. The summed E-state index contributed by atoms with van der Waals surface area (Å²) in [6.07, 6.45) is 0. The van der Waals surface area contributed by atoms with Crippen molar-refractivity contribution in [2.24, 2.45) is 5.73 Å². The minimum atomic E-state index is -1.16. The molecule has 1 atom stereocenters. The van der Waals surface area contributed by atoms with Crippen molar-refractivity contribution in [2.45, 2.75) is 19.8 Å². The van der Waals surface area contributed by atoms with E-state index in [0.29, 0.717) is 0 Å². The first-order valence-corrected chi connectivity index (χ1v) is 7.32. The van der Waals surface area contributed by atoms with Gasteiger partial charge in [0.05, 0.1) is 23.1 Å². The maximum Gasteiger partial charge on any atom is 0.338 e. The number of phenolic OH excluding ortho intramolecular Hbond substituents is 1. The predicted molar refractivity (Wildman–Crippen MR) is 83.1 cm³/mol. The number of hydrogen-bond donors (Lipinski definition) is 2. The maximum absolute atomic E-state index is 13.8. The van der Waals surface area contributed by atoms with Gasteiger partial charge >= 0.3 is 5.97 Å². The lowest BCUT2D eigenvalue weighted by atomic mass is 9.82.